The summed E-state index contributed by atoms with van der Waals surface area (Å²) in [6, 6.07) is 18.4. The normalized spacial score (nSPS) is 12.1. The number of nitrogens with one attached hydrogen (secondary N) is 2. The summed E-state index contributed by atoms with van der Waals surface area (Å²) in [7, 11) is 3.79. The molecule has 0 fully saturated rings. The lowest BCUT2D eigenvalue weighted by molar-refractivity contribution is 0.195. The highest BCUT2D eigenvalue weighted by atomic mass is 16.5. The van der Waals surface area contributed by atoms with Crippen LogP contribution < -0.4 is 15.4 Å². The monoisotopic (exact) mass is 416 g/mol. The first kappa shape index (κ1) is 20.8. The lowest BCUT2D eigenvalue weighted by Gasteiger charge is -2.20. The van der Waals surface area contributed by atoms with Gasteiger partial charge in [-0.25, -0.2) is 4.68 Å². The van der Waals surface area contributed by atoms with Crippen LogP contribution >= 0.6 is 0 Å². The van der Waals surface area contributed by atoms with Crippen LogP contribution in [0.25, 0.3) is 16.6 Å². The number of nitrogens with zero attached hydrogens (tertiary/aromatic N) is 4. The zero-order chi connectivity index (χ0) is 21.8. The summed E-state index contributed by atoms with van der Waals surface area (Å²) in [5.41, 5.74) is 4.80. The molecule has 0 bridgehead atoms. The smallest absolute Gasteiger partial charge is 0.176 e. The molecule has 0 aliphatic carbocycles. The summed E-state index contributed by atoms with van der Waals surface area (Å²) in [6.45, 7) is 4.88. The number of benzene rings is 2. The van der Waals surface area contributed by atoms with Crippen molar-refractivity contribution in [2.24, 2.45) is 0 Å². The van der Waals surface area contributed by atoms with Crippen LogP contribution in [0.15, 0.2) is 54.6 Å². The molecule has 4 rings (SSSR count). The number of rotatable bonds is 8. The van der Waals surface area contributed by atoms with Gasteiger partial charge < -0.3 is 15.4 Å². The van der Waals surface area contributed by atoms with E-state index in [1.165, 1.54) is 0 Å². The zero-order valence-electron chi connectivity index (χ0n) is 18.4. The van der Waals surface area contributed by atoms with Crippen molar-refractivity contribution in [2.45, 2.75) is 26.4 Å². The second-order valence-corrected chi connectivity index (χ2v) is 7.51. The minimum atomic E-state index is -0.0340. The topological polar surface area (TPSA) is 76.9 Å². The van der Waals surface area contributed by atoms with E-state index >= 15 is 0 Å². The van der Waals surface area contributed by atoms with Gasteiger partial charge >= 0.3 is 0 Å². The lowest BCUT2D eigenvalue weighted by Crippen LogP contribution is -2.16. The van der Waals surface area contributed by atoms with Gasteiger partial charge in [-0.15, -0.1) is 5.10 Å². The second kappa shape index (κ2) is 9.14. The number of aromatic nitrogens is 4. The fourth-order valence-electron chi connectivity index (χ4n) is 3.83. The number of fused-ring (bicyclic) bond motifs is 1. The van der Waals surface area contributed by atoms with Gasteiger partial charge in [0.1, 0.15) is 17.4 Å². The van der Waals surface area contributed by atoms with Crippen molar-refractivity contribution >= 4 is 16.7 Å². The third-order valence-corrected chi connectivity index (χ3v) is 5.41. The maximum Gasteiger partial charge on any atom is 0.176 e. The molecule has 0 saturated carbocycles. The fourth-order valence-corrected chi connectivity index (χ4v) is 3.83. The molecule has 7 heteroatoms. The predicted octanol–water partition coefficient (Wildman–Crippen LogP) is 4.20. The van der Waals surface area contributed by atoms with Gasteiger partial charge in [0.2, 0.25) is 0 Å². The van der Waals surface area contributed by atoms with E-state index in [2.05, 4.69) is 39.9 Å². The molecule has 2 heterocycles. The Hall–Kier alpha value is -3.45. The number of aryl methyl sites for hydroxylation is 2. The Morgan fingerprint density at radius 1 is 1.00 bits per heavy atom. The van der Waals surface area contributed by atoms with Gasteiger partial charge in [0, 0.05) is 19.5 Å². The number of anilines is 1. The van der Waals surface area contributed by atoms with E-state index in [4.69, 9.17) is 9.84 Å². The van der Waals surface area contributed by atoms with Crippen LogP contribution in [-0.2, 0) is 0 Å². The van der Waals surface area contributed by atoms with E-state index in [0.29, 0.717) is 5.82 Å². The summed E-state index contributed by atoms with van der Waals surface area (Å²) < 4.78 is 8.36. The molecule has 0 aliphatic heterocycles. The average Bonchev–Trinajstić information content (AvgIpc) is 3.16. The Balaban J connectivity index is 1.70. The van der Waals surface area contributed by atoms with Crippen LogP contribution in [0.4, 0.5) is 5.82 Å². The van der Waals surface area contributed by atoms with E-state index in [0.717, 1.165) is 52.3 Å². The fraction of sp³-hybridized carbons (Fsp3) is 0.292. The molecule has 0 aliphatic rings. The van der Waals surface area contributed by atoms with E-state index in [-0.39, 0.29) is 6.10 Å². The Morgan fingerprint density at radius 2 is 1.81 bits per heavy atom. The first-order valence-electron chi connectivity index (χ1n) is 10.5. The predicted molar refractivity (Wildman–Crippen MR) is 124 cm³/mol. The van der Waals surface area contributed by atoms with Crippen LogP contribution in [0.1, 0.15) is 29.5 Å². The number of hydrogen-bond acceptors (Lipinski definition) is 6. The highest BCUT2D eigenvalue weighted by Gasteiger charge is 2.17. The first-order valence-corrected chi connectivity index (χ1v) is 10.5. The second-order valence-electron chi connectivity index (χ2n) is 7.51. The van der Waals surface area contributed by atoms with Crippen molar-refractivity contribution in [1.29, 1.82) is 0 Å². The Kier molecular flexibility index (Phi) is 6.13. The highest BCUT2D eigenvalue weighted by Crippen LogP contribution is 2.30. The van der Waals surface area contributed by atoms with Gasteiger partial charge in [-0.05, 0) is 45.1 Å². The molecule has 0 radical (unpaired) electrons. The minimum absolute atomic E-state index is 0.0340. The Labute approximate surface area is 182 Å². The number of ether oxygens (including phenoxy) is 1. The standard InChI is InChI=1S/C24H28N6O/c1-16-22-17(2)30(29-23(22)24(26-4)28-27-16)19-11-8-12-20(15-19)31-21(13-14-25-3)18-9-6-5-7-10-18/h5-12,15,21,25H,13-14H2,1-4H3,(H,26,28). The molecule has 1 unspecified atom stereocenters. The van der Waals surface area contributed by atoms with Crippen LogP contribution in [0, 0.1) is 13.8 Å². The highest BCUT2D eigenvalue weighted by molar-refractivity contribution is 5.91. The maximum absolute atomic E-state index is 6.43. The van der Waals surface area contributed by atoms with Gasteiger partial charge in [-0.3, -0.25) is 0 Å². The Bertz CT molecular complexity index is 1170. The third kappa shape index (κ3) is 4.22. The summed E-state index contributed by atoms with van der Waals surface area (Å²) in [4.78, 5) is 0. The minimum Gasteiger partial charge on any atom is -0.486 e. The van der Waals surface area contributed by atoms with Gasteiger partial charge in [0.15, 0.2) is 5.82 Å². The third-order valence-electron chi connectivity index (χ3n) is 5.41. The quantitative estimate of drug-likeness (QED) is 0.448. The molecule has 1 atom stereocenters. The van der Waals surface area contributed by atoms with Crippen LogP contribution in [0.3, 0.4) is 0 Å². The van der Waals surface area contributed by atoms with Crippen LogP contribution in [0.5, 0.6) is 5.75 Å². The van der Waals surface area contributed by atoms with Gasteiger partial charge in [-0.1, -0.05) is 36.4 Å². The molecule has 0 saturated heterocycles. The summed E-state index contributed by atoms with van der Waals surface area (Å²) in [5.74, 6) is 1.48. The molecule has 31 heavy (non-hydrogen) atoms. The Morgan fingerprint density at radius 3 is 2.55 bits per heavy atom. The van der Waals surface area contributed by atoms with Crippen LogP contribution in [0.2, 0.25) is 0 Å². The molecule has 4 aromatic rings. The molecular formula is C24H28N6O. The largest absolute Gasteiger partial charge is 0.486 e. The van der Waals surface area contributed by atoms with Gasteiger partial charge in [-0.2, -0.15) is 10.2 Å². The first-order chi connectivity index (χ1) is 15.1. The van der Waals surface area contributed by atoms with E-state index in [1.807, 2.05) is 68.2 Å². The van der Waals surface area contributed by atoms with Crippen molar-refractivity contribution in [2.75, 3.05) is 26.0 Å². The van der Waals surface area contributed by atoms with Crippen LogP contribution in [-0.4, -0.2) is 40.6 Å². The van der Waals surface area contributed by atoms with E-state index < -0.39 is 0 Å². The van der Waals surface area contributed by atoms with Crippen molar-refractivity contribution < 1.29 is 4.74 Å². The van der Waals surface area contributed by atoms with Crippen molar-refractivity contribution in [3.63, 3.8) is 0 Å². The summed E-state index contributed by atoms with van der Waals surface area (Å²) in [6.07, 6.45) is 0.838. The number of hydrogen-bond donors (Lipinski definition) is 2. The average molecular weight is 417 g/mol. The van der Waals surface area contributed by atoms with Gasteiger partial charge in [0.25, 0.3) is 0 Å². The van der Waals surface area contributed by atoms with Crippen molar-refractivity contribution in [3.05, 3.63) is 71.5 Å². The van der Waals surface area contributed by atoms with E-state index in [9.17, 15) is 0 Å². The summed E-state index contributed by atoms with van der Waals surface area (Å²) >= 11 is 0. The SMILES string of the molecule is CNCCC(Oc1cccc(-n2nc3c(NC)nnc(C)c3c2C)c1)c1ccccc1. The summed E-state index contributed by atoms with van der Waals surface area (Å²) in [5, 5.41) is 20.6. The molecule has 2 aromatic heterocycles. The maximum atomic E-state index is 6.43. The molecule has 2 aromatic carbocycles. The van der Waals surface area contributed by atoms with E-state index in [1.54, 1.807) is 0 Å². The molecular weight excluding hydrogens is 388 g/mol. The van der Waals surface area contributed by atoms with Crippen molar-refractivity contribution in [3.8, 4) is 11.4 Å². The molecule has 0 amide bonds. The molecule has 0 spiro atoms. The molecule has 160 valence electrons. The molecule has 7 nitrogen and oxygen atoms in total. The van der Waals surface area contributed by atoms with Crippen molar-refractivity contribution in [1.82, 2.24) is 25.3 Å². The zero-order valence-corrected chi connectivity index (χ0v) is 18.4. The van der Waals surface area contributed by atoms with Gasteiger partial charge in [0.05, 0.1) is 22.5 Å². The lowest BCUT2D eigenvalue weighted by atomic mass is 10.1. The molecule has 2 N–H and O–H groups in total.